The average molecular weight is 514 g/mol. The molecule has 176 valence electrons. The molecule has 6 rings (SSSR count). The molecule has 1 amide bonds. The van der Waals surface area contributed by atoms with Gasteiger partial charge < -0.3 is 4.90 Å². The molecule has 3 aliphatic rings. The van der Waals surface area contributed by atoms with Gasteiger partial charge in [-0.25, -0.2) is 4.98 Å². The molecule has 3 fully saturated rings. The van der Waals surface area contributed by atoms with Gasteiger partial charge in [-0.2, -0.15) is 5.26 Å². The Morgan fingerprint density at radius 2 is 2.06 bits per heavy atom. The van der Waals surface area contributed by atoms with Gasteiger partial charge in [0, 0.05) is 29.7 Å². The minimum atomic E-state index is -0.477. The Labute approximate surface area is 210 Å². The Morgan fingerprint density at radius 3 is 2.71 bits per heavy atom. The van der Waals surface area contributed by atoms with Gasteiger partial charge in [0.25, 0.3) is 0 Å². The summed E-state index contributed by atoms with van der Waals surface area (Å²) in [4.78, 5) is 18.8. The zero-order valence-corrected chi connectivity index (χ0v) is 21.1. The fraction of sp³-hybridized carbons (Fsp3) is 0.522. The number of amides is 1. The van der Waals surface area contributed by atoms with Crippen molar-refractivity contribution in [1.82, 2.24) is 29.2 Å². The first-order valence-electron chi connectivity index (χ1n) is 11.5. The SMILES string of the molecule is CC1(NSc2cc(C3CCN(C=O)CC3)c3c(Cl)nc(-c4nnc(C5(C#N)CC5)s4)n3c2)CC1. The van der Waals surface area contributed by atoms with Crippen LogP contribution in [0.4, 0.5) is 0 Å². The molecule has 11 heteroatoms. The number of halogens is 1. The van der Waals surface area contributed by atoms with Crippen LogP contribution >= 0.6 is 34.9 Å². The smallest absolute Gasteiger partial charge is 0.209 e. The summed E-state index contributed by atoms with van der Waals surface area (Å²) in [6.45, 7) is 3.71. The molecule has 0 unspecified atom stereocenters. The molecule has 2 saturated carbocycles. The fourth-order valence-electron chi connectivity index (χ4n) is 4.49. The van der Waals surface area contributed by atoms with E-state index in [2.05, 4.69) is 40.2 Å². The topological polar surface area (TPSA) is 99.2 Å². The summed E-state index contributed by atoms with van der Waals surface area (Å²) >= 11 is 9.81. The number of fused-ring (bicyclic) bond motifs is 1. The highest BCUT2D eigenvalue weighted by molar-refractivity contribution is 7.97. The molecule has 1 saturated heterocycles. The lowest BCUT2D eigenvalue weighted by Crippen LogP contribution is -2.31. The largest absolute Gasteiger partial charge is 0.345 e. The summed E-state index contributed by atoms with van der Waals surface area (Å²) in [5.41, 5.74) is 1.76. The highest BCUT2D eigenvalue weighted by Gasteiger charge is 2.48. The normalized spacial score (nSPS) is 20.9. The minimum Gasteiger partial charge on any atom is -0.345 e. The Morgan fingerprint density at radius 1 is 1.29 bits per heavy atom. The van der Waals surface area contributed by atoms with Crippen LogP contribution in [-0.4, -0.2) is 49.5 Å². The van der Waals surface area contributed by atoms with Crippen molar-refractivity contribution in [2.45, 2.75) is 67.2 Å². The Balaban J connectivity index is 1.43. The van der Waals surface area contributed by atoms with Gasteiger partial charge in [0.05, 0.1) is 11.6 Å². The summed E-state index contributed by atoms with van der Waals surface area (Å²) in [7, 11) is 0. The molecule has 2 aliphatic carbocycles. The molecule has 3 aromatic heterocycles. The molecule has 0 bridgehead atoms. The van der Waals surface area contributed by atoms with E-state index in [0.29, 0.717) is 16.0 Å². The Hall–Kier alpha value is -2.19. The highest BCUT2D eigenvalue weighted by Crippen LogP contribution is 2.49. The van der Waals surface area contributed by atoms with Crippen molar-refractivity contribution < 1.29 is 4.79 Å². The summed E-state index contributed by atoms with van der Waals surface area (Å²) in [5.74, 6) is 0.945. The second-order valence-corrected chi connectivity index (χ2v) is 12.1. The molecule has 0 atom stereocenters. The number of nitrogens with one attached hydrogen (secondary N) is 1. The van der Waals surface area contributed by atoms with Crippen LogP contribution in [0.2, 0.25) is 5.15 Å². The predicted octanol–water partition coefficient (Wildman–Crippen LogP) is 4.55. The predicted molar refractivity (Wildman–Crippen MR) is 132 cm³/mol. The van der Waals surface area contributed by atoms with Crippen LogP contribution in [0, 0.1) is 11.3 Å². The lowest BCUT2D eigenvalue weighted by molar-refractivity contribution is -0.119. The molecule has 0 radical (unpaired) electrons. The van der Waals surface area contributed by atoms with E-state index in [1.54, 1.807) is 11.9 Å². The van der Waals surface area contributed by atoms with E-state index >= 15 is 0 Å². The highest BCUT2D eigenvalue weighted by atomic mass is 35.5. The molecule has 34 heavy (non-hydrogen) atoms. The zero-order chi connectivity index (χ0) is 23.5. The van der Waals surface area contributed by atoms with Crippen LogP contribution in [0.5, 0.6) is 0 Å². The van der Waals surface area contributed by atoms with Gasteiger partial charge in [0.2, 0.25) is 6.41 Å². The molecule has 1 aliphatic heterocycles. The van der Waals surface area contributed by atoms with E-state index in [-0.39, 0.29) is 11.5 Å². The van der Waals surface area contributed by atoms with Crippen LogP contribution in [-0.2, 0) is 10.2 Å². The van der Waals surface area contributed by atoms with Crippen molar-refractivity contribution in [3.8, 4) is 16.9 Å². The monoisotopic (exact) mass is 513 g/mol. The number of likely N-dealkylation sites (tertiary alicyclic amines) is 1. The van der Waals surface area contributed by atoms with E-state index in [0.717, 1.165) is 66.2 Å². The van der Waals surface area contributed by atoms with Gasteiger partial charge in [0.1, 0.15) is 10.4 Å². The minimum absolute atomic E-state index is 0.189. The number of aromatic nitrogens is 4. The zero-order valence-electron chi connectivity index (χ0n) is 18.8. The average Bonchev–Trinajstić information content (AvgIpc) is 3.73. The van der Waals surface area contributed by atoms with Gasteiger partial charge in [-0.3, -0.25) is 13.9 Å². The fourth-order valence-corrected chi connectivity index (χ4v) is 6.71. The molecular formula is C23H24ClN7OS2. The molecule has 8 nitrogen and oxygen atoms in total. The van der Waals surface area contributed by atoms with Gasteiger partial charge in [0.15, 0.2) is 16.0 Å². The van der Waals surface area contributed by atoms with Crippen molar-refractivity contribution in [2.24, 2.45) is 0 Å². The number of rotatable bonds is 7. The lowest BCUT2D eigenvalue weighted by atomic mass is 9.89. The number of carbonyl (C=O) groups excluding carboxylic acids is 1. The standard InChI is InChI=1S/C23H24ClN7OS2/c1-22(4-5-22)29-34-15-10-16(14-2-8-30(13-32)9-3-14)17-18(24)26-19(31(17)11-15)20-27-28-21(33-20)23(12-25)6-7-23/h10-11,13-14,29H,2-9H2,1H3. The van der Waals surface area contributed by atoms with Crippen LogP contribution < -0.4 is 4.72 Å². The van der Waals surface area contributed by atoms with E-state index in [1.165, 1.54) is 24.2 Å². The van der Waals surface area contributed by atoms with Gasteiger partial charge in [-0.05, 0) is 74.9 Å². The third-order valence-corrected chi connectivity index (χ3v) is 9.66. The van der Waals surface area contributed by atoms with Crippen LogP contribution in [0.3, 0.4) is 0 Å². The number of carbonyl (C=O) groups is 1. The van der Waals surface area contributed by atoms with Crippen molar-refractivity contribution >= 4 is 46.8 Å². The third kappa shape index (κ3) is 3.88. The van der Waals surface area contributed by atoms with E-state index < -0.39 is 5.41 Å². The summed E-state index contributed by atoms with van der Waals surface area (Å²) in [6.07, 6.45) is 8.78. The maximum atomic E-state index is 11.2. The second kappa shape index (κ2) is 8.19. The van der Waals surface area contributed by atoms with Gasteiger partial charge in [-0.1, -0.05) is 22.9 Å². The number of pyridine rings is 1. The first-order chi connectivity index (χ1) is 16.4. The second-order valence-electron chi connectivity index (χ2n) is 9.86. The number of piperidine rings is 1. The molecular weight excluding hydrogens is 490 g/mol. The van der Waals surface area contributed by atoms with Crippen molar-refractivity contribution in [1.29, 1.82) is 5.26 Å². The van der Waals surface area contributed by atoms with Crippen molar-refractivity contribution in [2.75, 3.05) is 13.1 Å². The number of nitrogens with zero attached hydrogens (tertiary/aromatic N) is 6. The first-order valence-corrected chi connectivity index (χ1v) is 13.6. The number of nitriles is 1. The van der Waals surface area contributed by atoms with E-state index in [4.69, 9.17) is 16.6 Å². The van der Waals surface area contributed by atoms with Gasteiger partial charge in [-0.15, -0.1) is 10.2 Å². The maximum absolute atomic E-state index is 11.2. The van der Waals surface area contributed by atoms with E-state index in [9.17, 15) is 10.1 Å². The van der Waals surface area contributed by atoms with E-state index in [1.807, 2.05) is 9.30 Å². The molecule has 3 aromatic rings. The quantitative estimate of drug-likeness (QED) is 0.365. The van der Waals surface area contributed by atoms with Crippen LogP contribution in [0.25, 0.3) is 16.3 Å². The summed E-state index contributed by atoms with van der Waals surface area (Å²) in [5, 5.41) is 20.2. The van der Waals surface area contributed by atoms with Crippen molar-refractivity contribution in [3.05, 3.63) is 28.0 Å². The molecule has 4 heterocycles. The molecule has 1 N–H and O–H groups in total. The maximum Gasteiger partial charge on any atom is 0.209 e. The third-order valence-electron chi connectivity index (χ3n) is 7.22. The molecule has 0 aromatic carbocycles. The van der Waals surface area contributed by atoms with Gasteiger partial charge >= 0.3 is 0 Å². The summed E-state index contributed by atoms with van der Waals surface area (Å²) in [6, 6.07) is 4.62. The Kier molecular flexibility index (Phi) is 5.37. The Bertz CT molecular complexity index is 1310. The number of hydrogen-bond donors (Lipinski definition) is 1. The van der Waals surface area contributed by atoms with Crippen LogP contribution in [0.15, 0.2) is 17.2 Å². The van der Waals surface area contributed by atoms with Crippen LogP contribution in [0.1, 0.15) is 61.9 Å². The number of imidazole rings is 1. The van der Waals surface area contributed by atoms with Crippen molar-refractivity contribution in [3.63, 3.8) is 0 Å². The summed E-state index contributed by atoms with van der Waals surface area (Å²) < 4.78 is 5.64. The first kappa shape index (κ1) is 22.3. The lowest BCUT2D eigenvalue weighted by Gasteiger charge is -2.30. The number of hydrogen-bond acceptors (Lipinski definition) is 8. The molecule has 0 spiro atoms.